The van der Waals surface area contributed by atoms with E-state index in [-0.39, 0.29) is 23.4 Å². The lowest BCUT2D eigenvalue weighted by Crippen LogP contribution is -2.76. The van der Waals surface area contributed by atoms with Crippen LogP contribution in [-0.2, 0) is 11.8 Å². The van der Waals surface area contributed by atoms with Crippen LogP contribution in [0.5, 0.6) is 11.5 Å². The number of nitrogens with one attached hydrogen (secondary N) is 1. The lowest BCUT2D eigenvalue weighted by molar-refractivity contribution is -0.196. The molecule has 3 heterocycles. The highest BCUT2D eigenvalue weighted by Gasteiger charge is 2.73. The maximum absolute atomic E-state index is 13.4. The standard InChI is InChI=1S/C27H29N3O4/c31-20-8-7-16-13-21-27(33)10-9-19(30-25(32)17-3-1-2-4-18(17)28-30)24-26(27,22(16)23(20)34-24)11-12-29(21)14-15-5-6-15/h1-4,7-8,15,19,21,24,28,31,33H,5-6,9-14H2/t19-,21-,24+,26+,27?/m1/s1. The number of aromatic amines is 1. The second-order valence-electron chi connectivity index (χ2n) is 11.2. The Kier molecular flexibility index (Phi) is 3.60. The maximum atomic E-state index is 13.4. The number of piperidine rings is 1. The molecule has 2 aliphatic heterocycles. The van der Waals surface area contributed by atoms with Gasteiger partial charge in [0.25, 0.3) is 5.56 Å². The number of nitrogens with zero attached hydrogens (tertiary/aromatic N) is 2. The molecule has 1 unspecified atom stereocenters. The molecule has 3 fully saturated rings. The van der Waals surface area contributed by atoms with E-state index >= 15 is 0 Å². The summed E-state index contributed by atoms with van der Waals surface area (Å²) in [5.41, 5.74) is 1.36. The second kappa shape index (κ2) is 6.26. The van der Waals surface area contributed by atoms with Crippen molar-refractivity contribution in [3.63, 3.8) is 0 Å². The number of phenolic OH excluding ortho intramolecular Hbond substituents is 1. The summed E-state index contributed by atoms with van der Waals surface area (Å²) < 4.78 is 8.34. The Morgan fingerprint density at radius 3 is 2.79 bits per heavy atom. The summed E-state index contributed by atoms with van der Waals surface area (Å²) in [4.78, 5) is 15.9. The average Bonchev–Trinajstić information content (AvgIpc) is 3.49. The third-order valence-corrected chi connectivity index (χ3v) is 9.68. The van der Waals surface area contributed by atoms with Crippen molar-refractivity contribution in [2.75, 3.05) is 13.1 Å². The first-order chi connectivity index (χ1) is 16.5. The van der Waals surface area contributed by atoms with Crippen molar-refractivity contribution in [1.29, 1.82) is 0 Å². The Morgan fingerprint density at radius 1 is 1.12 bits per heavy atom. The van der Waals surface area contributed by atoms with Crippen molar-refractivity contribution in [3.05, 3.63) is 57.9 Å². The van der Waals surface area contributed by atoms with Crippen LogP contribution in [0, 0.1) is 5.92 Å². The number of hydrogen-bond donors (Lipinski definition) is 3. The van der Waals surface area contributed by atoms with Crippen molar-refractivity contribution in [2.24, 2.45) is 5.92 Å². The average molecular weight is 460 g/mol. The molecule has 7 heteroatoms. The number of fused-ring (bicyclic) bond motifs is 1. The van der Waals surface area contributed by atoms with Crippen molar-refractivity contribution in [3.8, 4) is 11.5 Å². The number of ether oxygens (including phenoxy) is 1. The number of phenols is 1. The number of rotatable bonds is 3. The van der Waals surface area contributed by atoms with E-state index in [2.05, 4.69) is 10.00 Å². The van der Waals surface area contributed by atoms with E-state index in [4.69, 9.17) is 4.74 Å². The van der Waals surface area contributed by atoms with Gasteiger partial charge in [-0.3, -0.25) is 14.8 Å². The van der Waals surface area contributed by atoms with Gasteiger partial charge in [0, 0.05) is 18.2 Å². The van der Waals surface area contributed by atoms with Gasteiger partial charge in [0.15, 0.2) is 11.5 Å². The molecule has 1 aromatic heterocycles. The van der Waals surface area contributed by atoms with E-state index in [0.717, 1.165) is 42.9 Å². The molecule has 5 aliphatic rings. The Labute approximate surface area is 196 Å². The molecule has 3 aromatic rings. The summed E-state index contributed by atoms with van der Waals surface area (Å²) in [5.74, 6) is 1.41. The summed E-state index contributed by atoms with van der Waals surface area (Å²) in [6.07, 6.45) is 4.97. The molecule has 1 saturated heterocycles. The van der Waals surface area contributed by atoms with Crippen LogP contribution in [0.3, 0.4) is 0 Å². The van der Waals surface area contributed by atoms with Crippen LogP contribution < -0.4 is 10.3 Å². The molecule has 8 rings (SSSR count). The number of aromatic hydroxyl groups is 1. The number of para-hydroxylation sites is 1. The predicted octanol–water partition coefficient (Wildman–Crippen LogP) is 2.84. The second-order valence-corrected chi connectivity index (χ2v) is 11.2. The molecule has 3 aliphatic carbocycles. The van der Waals surface area contributed by atoms with Gasteiger partial charge in [-0.25, -0.2) is 4.68 Å². The molecule has 5 atom stereocenters. The lowest BCUT2D eigenvalue weighted by Gasteiger charge is -2.64. The minimum absolute atomic E-state index is 0.0383. The minimum atomic E-state index is -0.941. The predicted molar refractivity (Wildman–Crippen MR) is 126 cm³/mol. The van der Waals surface area contributed by atoms with Gasteiger partial charge in [-0.2, -0.15) is 0 Å². The molecule has 2 aromatic carbocycles. The minimum Gasteiger partial charge on any atom is -0.504 e. The van der Waals surface area contributed by atoms with Crippen LogP contribution in [0.2, 0.25) is 0 Å². The molecular weight excluding hydrogens is 430 g/mol. The molecule has 0 radical (unpaired) electrons. The highest BCUT2D eigenvalue weighted by Crippen LogP contribution is 2.67. The fourth-order valence-electron chi connectivity index (χ4n) is 8.03. The van der Waals surface area contributed by atoms with Crippen molar-refractivity contribution in [1.82, 2.24) is 14.7 Å². The third-order valence-electron chi connectivity index (χ3n) is 9.68. The van der Waals surface area contributed by atoms with E-state index in [9.17, 15) is 15.0 Å². The smallest absolute Gasteiger partial charge is 0.274 e. The Balaban J connectivity index is 1.32. The number of benzene rings is 2. The zero-order chi connectivity index (χ0) is 22.8. The Bertz CT molecular complexity index is 1410. The highest BCUT2D eigenvalue weighted by atomic mass is 16.5. The monoisotopic (exact) mass is 459 g/mol. The molecule has 1 spiro atoms. The van der Waals surface area contributed by atoms with Crippen molar-refractivity contribution >= 4 is 10.9 Å². The zero-order valence-electron chi connectivity index (χ0n) is 19.0. The van der Waals surface area contributed by atoms with Crippen LogP contribution in [0.15, 0.2) is 41.2 Å². The van der Waals surface area contributed by atoms with Crippen LogP contribution >= 0.6 is 0 Å². The summed E-state index contributed by atoms with van der Waals surface area (Å²) in [6.45, 7) is 1.96. The van der Waals surface area contributed by atoms with Gasteiger partial charge in [-0.05, 0) is 74.8 Å². The zero-order valence-corrected chi connectivity index (χ0v) is 19.0. The topological polar surface area (TPSA) is 90.7 Å². The fourth-order valence-corrected chi connectivity index (χ4v) is 8.03. The van der Waals surface area contributed by atoms with E-state index < -0.39 is 17.1 Å². The number of hydrogen-bond acceptors (Lipinski definition) is 5. The Morgan fingerprint density at radius 2 is 1.97 bits per heavy atom. The number of aromatic nitrogens is 2. The van der Waals surface area contributed by atoms with Crippen LogP contribution in [0.1, 0.15) is 49.3 Å². The molecule has 2 saturated carbocycles. The molecule has 7 nitrogen and oxygen atoms in total. The summed E-state index contributed by atoms with van der Waals surface area (Å²) in [6, 6.07) is 11.1. The normalized spacial score (nSPS) is 35.9. The number of likely N-dealkylation sites (tertiary alicyclic amines) is 1. The van der Waals surface area contributed by atoms with Crippen molar-refractivity contribution in [2.45, 2.75) is 67.7 Å². The summed E-state index contributed by atoms with van der Waals surface area (Å²) in [5, 5.41) is 27.4. The summed E-state index contributed by atoms with van der Waals surface area (Å²) >= 11 is 0. The van der Waals surface area contributed by atoms with Crippen LogP contribution in [-0.4, -0.2) is 55.7 Å². The molecule has 176 valence electrons. The van der Waals surface area contributed by atoms with E-state index in [1.165, 1.54) is 18.4 Å². The number of H-pyrrole nitrogens is 1. The largest absolute Gasteiger partial charge is 0.504 e. The molecular formula is C27H29N3O4. The van der Waals surface area contributed by atoms with E-state index in [1.807, 2.05) is 30.3 Å². The highest BCUT2D eigenvalue weighted by molar-refractivity contribution is 5.77. The van der Waals surface area contributed by atoms with Gasteiger partial charge >= 0.3 is 0 Å². The molecule has 0 amide bonds. The van der Waals surface area contributed by atoms with Gasteiger partial charge in [-0.15, -0.1) is 0 Å². The van der Waals surface area contributed by atoms with Crippen LogP contribution in [0.25, 0.3) is 10.9 Å². The van der Waals surface area contributed by atoms with Gasteiger partial charge in [-0.1, -0.05) is 18.2 Å². The fraction of sp³-hybridized carbons (Fsp3) is 0.519. The SMILES string of the molecule is O=c1c2ccccc2[nH]n1[C@@H]1CCC2(O)[C@H]3Cc4ccc(O)c5c4[C@@]2(CCN3CC2CC2)[C@H]1O5. The van der Waals surface area contributed by atoms with Gasteiger partial charge in [0.1, 0.15) is 6.10 Å². The van der Waals surface area contributed by atoms with E-state index in [1.54, 1.807) is 10.7 Å². The molecule has 34 heavy (non-hydrogen) atoms. The van der Waals surface area contributed by atoms with Gasteiger partial charge < -0.3 is 14.9 Å². The third kappa shape index (κ3) is 2.19. The van der Waals surface area contributed by atoms with Gasteiger partial charge in [0.05, 0.1) is 28.0 Å². The first-order valence-electron chi connectivity index (χ1n) is 12.7. The quantitative estimate of drug-likeness (QED) is 0.560. The lowest BCUT2D eigenvalue weighted by atomic mass is 9.48. The van der Waals surface area contributed by atoms with Crippen molar-refractivity contribution < 1.29 is 14.9 Å². The Hall–Kier alpha value is -2.77. The molecule has 3 N–H and O–H groups in total. The summed E-state index contributed by atoms with van der Waals surface area (Å²) in [7, 11) is 0. The first-order valence-corrected chi connectivity index (χ1v) is 12.7. The number of aliphatic hydroxyl groups is 1. The first kappa shape index (κ1) is 19.5. The maximum Gasteiger partial charge on any atom is 0.274 e. The van der Waals surface area contributed by atoms with E-state index in [0.29, 0.717) is 24.0 Å². The van der Waals surface area contributed by atoms with Gasteiger partial charge in [0.2, 0.25) is 0 Å². The molecule has 2 bridgehead atoms. The van der Waals surface area contributed by atoms with Crippen LogP contribution in [0.4, 0.5) is 0 Å².